The summed E-state index contributed by atoms with van der Waals surface area (Å²) in [6.45, 7) is 5.44. The molecule has 1 aromatic heterocycles. The highest BCUT2D eigenvalue weighted by atomic mass is 19.4. The molecule has 0 aliphatic heterocycles. The Balaban J connectivity index is 2.22. The molecule has 1 amide bonds. The third-order valence-electron chi connectivity index (χ3n) is 3.59. The molecule has 1 heterocycles. The van der Waals surface area contributed by atoms with Gasteiger partial charge in [-0.05, 0) is 31.0 Å². The third-order valence-corrected chi connectivity index (χ3v) is 3.59. The third kappa shape index (κ3) is 4.03. The molecule has 1 aromatic carbocycles. The number of benzene rings is 1. The van der Waals surface area contributed by atoms with E-state index in [9.17, 15) is 18.0 Å². The average molecular weight is 327 g/mol. The van der Waals surface area contributed by atoms with Gasteiger partial charge in [-0.25, -0.2) is 4.98 Å². The van der Waals surface area contributed by atoms with Crippen LogP contribution in [0.5, 0.6) is 0 Å². The zero-order valence-electron chi connectivity index (χ0n) is 13.2. The van der Waals surface area contributed by atoms with Crippen LogP contribution in [0.2, 0.25) is 0 Å². The van der Waals surface area contributed by atoms with Crippen molar-refractivity contribution in [3.05, 3.63) is 30.1 Å². The first-order valence-corrected chi connectivity index (χ1v) is 7.66. The highest BCUT2D eigenvalue weighted by Crippen LogP contribution is 2.31. The van der Waals surface area contributed by atoms with E-state index in [-0.39, 0.29) is 18.0 Å². The zero-order chi connectivity index (χ0) is 17.0. The largest absolute Gasteiger partial charge is 0.416 e. The van der Waals surface area contributed by atoms with Gasteiger partial charge in [-0.15, -0.1) is 0 Å². The number of rotatable bonds is 6. The molecule has 2 rings (SSSR count). The second kappa shape index (κ2) is 7.02. The molecule has 0 aliphatic carbocycles. The molecule has 126 valence electrons. The highest BCUT2D eigenvalue weighted by Gasteiger charge is 2.30. The summed E-state index contributed by atoms with van der Waals surface area (Å²) in [6.07, 6.45) is -1.25. The first-order valence-electron chi connectivity index (χ1n) is 7.66. The van der Waals surface area contributed by atoms with Crippen molar-refractivity contribution in [1.29, 1.82) is 0 Å². The van der Waals surface area contributed by atoms with E-state index in [1.54, 1.807) is 9.47 Å². The van der Waals surface area contributed by atoms with Gasteiger partial charge >= 0.3 is 6.18 Å². The van der Waals surface area contributed by atoms with Gasteiger partial charge < -0.3 is 9.47 Å². The highest BCUT2D eigenvalue weighted by molar-refractivity contribution is 5.81. The lowest BCUT2D eigenvalue weighted by Gasteiger charge is -2.21. The van der Waals surface area contributed by atoms with Gasteiger partial charge in [0, 0.05) is 13.1 Å². The normalized spacial score (nSPS) is 11.9. The second-order valence-electron chi connectivity index (χ2n) is 5.45. The Hall–Kier alpha value is -2.05. The predicted molar refractivity (Wildman–Crippen MR) is 81.9 cm³/mol. The fraction of sp³-hybridized carbons (Fsp3) is 0.500. The van der Waals surface area contributed by atoms with Gasteiger partial charge in [0.05, 0.1) is 22.9 Å². The number of alkyl halides is 3. The van der Waals surface area contributed by atoms with Gasteiger partial charge in [0.2, 0.25) is 5.91 Å². The molecule has 2 aromatic rings. The number of hydrogen-bond acceptors (Lipinski definition) is 2. The van der Waals surface area contributed by atoms with Crippen molar-refractivity contribution in [3.8, 4) is 0 Å². The van der Waals surface area contributed by atoms with Crippen LogP contribution in [-0.2, 0) is 17.5 Å². The number of imidazole rings is 1. The first-order chi connectivity index (χ1) is 10.9. The number of nitrogens with zero attached hydrogens (tertiary/aromatic N) is 3. The minimum Gasteiger partial charge on any atom is -0.341 e. The molecule has 23 heavy (non-hydrogen) atoms. The van der Waals surface area contributed by atoms with E-state index in [1.807, 2.05) is 13.8 Å². The molecule has 4 nitrogen and oxygen atoms in total. The summed E-state index contributed by atoms with van der Waals surface area (Å²) in [7, 11) is 0. The molecule has 0 saturated carbocycles. The number of amides is 1. The van der Waals surface area contributed by atoms with Gasteiger partial charge in [-0.2, -0.15) is 13.2 Å². The Morgan fingerprint density at radius 1 is 1.22 bits per heavy atom. The summed E-state index contributed by atoms with van der Waals surface area (Å²) in [6, 6.07) is 3.38. The molecule has 0 spiro atoms. The van der Waals surface area contributed by atoms with Gasteiger partial charge in [0.25, 0.3) is 0 Å². The maximum Gasteiger partial charge on any atom is 0.416 e. The Labute approximate surface area is 132 Å². The number of carbonyl (C=O) groups excluding carboxylic acids is 1. The van der Waals surface area contributed by atoms with Gasteiger partial charge in [-0.3, -0.25) is 4.79 Å². The molecule has 0 N–H and O–H groups in total. The summed E-state index contributed by atoms with van der Waals surface area (Å²) in [4.78, 5) is 18.1. The Morgan fingerprint density at radius 3 is 2.43 bits per heavy atom. The van der Waals surface area contributed by atoms with Gasteiger partial charge in [0.15, 0.2) is 0 Å². The molecule has 7 heteroatoms. The summed E-state index contributed by atoms with van der Waals surface area (Å²) < 4.78 is 39.7. The smallest absolute Gasteiger partial charge is 0.341 e. The Bertz CT molecular complexity index is 673. The number of aromatic nitrogens is 2. The van der Waals surface area contributed by atoms with Crippen molar-refractivity contribution in [3.63, 3.8) is 0 Å². The van der Waals surface area contributed by atoms with Crippen LogP contribution in [0.15, 0.2) is 24.5 Å². The lowest BCUT2D eigenvalue weighted by Crippen LogP contribution is -2.35. The van der Waals surface area contributed by atoms with Crippen molar-refractivity contribution in [2.75, 3.05) is 13.1 Å². The lowest BCUT2D eigenvalue weighted by atomic mass is 10.2. The summed E-state index contributed by atoms with van der Waals surface area (Å²) in [5.41, 5.74) is 0.0321. The number of fused-ring (bicyclic) bond motifs is 1. The topological polar surface area (TPSA) is 38.1 Å². The fourth-order valence-electron chi connectivity index (χ4n) is 2.51. The maximum atomic E-state index is 12.7. The predicted octanol–water partition coefficient (Wildman–Crippen LogP) is 3.70. The fourth-order valence-corrected chi connectivity index (χ4v) is 2.51. The van der Waals surface area contributed by atoms with Crippen LogP contribution in [0, 0.1) is 0 Å². The van der Waals surface area contributed by atoms with Crippen LogP contribution in [-0.4, -0.2) is 33.4 Å². The molecule has 0 bridgehead atoms. The molecule has 0 unspecified atom stereocenters. The average Bonchev–Trinajstić information content (AvgIpc) is 2.88. The van der Waals surface area contributed by atoms with Crippen LogP contribution >= 0.6 is 0 Å². The zero-order valence-corrected chi connectivity index (χ0v) is 13.2. The molecule has 0 fully saturated rings. The van der Waals surface area contributed by atoms with E-state index in [1.165, 1.54) is 12.4 Å². The van der Waals surface area contributed by atoms with E-state index >= 15 is 0 Å². The van der Waals surface area contributed by atoms with E-state index in [2.05, 4.69) is 4.98 Å². The minimum absolute atomic E-state index is 0.0482. The lowest BCUT2D eigenvalue weighted by molar-refractivity contribution is -0.137. The summed E-state index contributed by atoms with van der Waals surface area (Å²) in [5.74, 6) is -0.0482. The van der Waals surface area contributed by atoms with E-state index in [0.29, 0.717) is 18.6 Å². The summed E-state index contributed by atoms with van der Waals surface area (Å²) >= 11 is 0. The van der Waals surface area contributed by atoms with E-state index in [4.69, 9.17) is 0 Å². The Morgan fingerprint density at radius 2 is 1.87 bits per heavy atom. The van der Waals surface area contributed by atoms with Gasteiger partial charge in [-0.1, -0.05) is 13.8 Å². The maximum absolute atomic E-state index is 12.7. The molecular formula is C16H20F3N3O. The molecule has 0 radical (unpaired) electrons. The number of hydrogen-bond donors (Lipinski definition) is 0. The Kier molecular flexibility index (Phi) is 5.28. The van der Waals surface area contributed by atoms with Crippen LogP contribution in [0.25, 0.3) is 11.0 Å². The summed E-state index contributed by atoms with van der Waals surface area (Å²) in [5, 5.41) is 0. The van der Waals surface area contributed by atoms with Crippen molar-refractivity contribution >= 4 is 16.9 Å². The first kappa shape index (κ1) is 17.3. The van der Waals surface area contributed by atoms with Crippen molar-refractivity contribution < 1.29 is 18.0 Å². The van der Waals surface area contributed by atoms with E-state index in [0.717, 1.165) is 25.0 Å². The molecule has 0 atom stereocenters. The molecule has 0 saturated heterocycles. The number of halogens is 3. The molecular weight excluding hydrogens is 307 g/mol. The van der Waals surface area contributed by atoms with Crippen molar-refractivity contribution in [2.45, 2.75) is 39.4 Å². The van der Waals surface area contributed by atoms with Crippen LogP contribution in [0.1, 0.15) is 32.3 Å². The number of carbonyl (C=O) groups is 1. The monoisotopic (exact) mass is 327 g/mol. The van der Waals surface area contributed by atoms with Crippen LogP contribution in [0.4, 0.5) is 13.2 Å². The van der Waals surface area contributed by atoms with E-state index < -0.39 is 11.7 Å². The minimum atomic E-state index is -4.40. The molecule has 0 aliphatic rings. The quantitative estimate of drug-likeness (QED) is 0.811. The van der Waals surface area contributed by atoms with Crippen LogP contribution in [0.3, 0.4) is 0 Å². The van der Waals surface area contributed by atoms with Crippen LogP contribution < -0.4 is 0 Å². The van der Waals surface area contributed by atoms with Crippen molar-refractivity contribution in [2.24, 2.45) is 0 Å². The SMILES string of the molecule is CCCN(CCC)C(=O)Cn1cnc2cc(C(F)(F)F)ccc21. The van der Waals surface area contributed by atoms with Gasteiger partial charge in [0.1, 0.15) is 6.54 Å². The van der Waals surface area contributed by atoms with Crippen molar-refractivity contribution in [1.82, 2.24) is 14.5 Å². The standard InChI is InChI=1S/C16H20F3N3O/c1-3-7-21(8-4-2)15(23)10-22-11-20-13-9-12(16(17,18)19)5-6-14(13)22/h5-6,9,11H,3-4,7-8,10H2,1-2H3. The second-order valence-corrected chi connectivity index (χ2v) is 5.45.